The fourth-order valence-electron chi connectivity index (χ4n) is 11.7. The molecule has 536 valence electrons. The van der Waals surface area contributed by atoms with Gasteiger partial charge in [0, 0.05) is 6.42 Å². The molecule has 17 atom stereocenters. The minimum absolute atomic E-state index is 0.230. The van der Waals surface area contributed by atoms with Gasteiger partial charge in [0.25, 0.3) is 0 Å². The molecule has 1 amide bonds. The summed E-state index contributed by atoms with van der Waals surface area (Å²) in [6.45, 7) is 1.34. The van der Waals surface area contributed by atoms with Crippen molar-refractivity contribution in [2.75, 3.05) is 26.4 Å². The zero-order valence-corrected chi connectivity index (χ0v) is 56.7. The Hall–Kier alpha value is -3.29. The third-order valence-corrected chi connectivity index (χ3v) is 17.4. The van der Waals surface area contributed by atoms with Crippen molar-refractivity contribution < 1.29 is 89.4 Å². The monoisotopic (exact) mass is 1320 g/mol. The van der Waals surface area contributed by atoms with Crippen molar-refractivity contribution >= 4 is 5.91 Å². The Morgan fingerprint density at radius 1 is 0.409 bits per heavy atom. The molecule has 3 heterocycles. The lowest BCUT2D eigenvalue weighted by molar-refractivity contribution is -0.379. The maximum Gasteiger partial charge on any atom is 0.220 e. The lowest BCUT2D eigenvalue weighted by atomic mass is 9.96. The highest BCUT2D eigenvalue weighted by Crippen LogP contribution is 2.33. The van der Waals surface area contributed by atoms with Crippen LogP contribution in [-0.4, -0.2) is 193 Å². The first kappa shape index (κ1) is 83.9. The van der Waals surface area contributed by atoms with Gasteiger partial charge in [-0.05, 0) is 84.0 Å². The molecule has 0 aromatic rings. The van der Waals surface area contributed by atoms with E-state index in [2.05, 4.69) is 91.2 Å². The molecule has 19 heteroatoms. The number of nitrogens with one attached hydrogen (secondary N) is 1. The summed E-state index contributed by atoms with van der Waals surface area (Å²) in [5, 5.41) is 120. The molecule has 19 nitrogen and oxygen atoms in total. The van der Waals surface area contributed by atoms with Crippen molar-refractivity contribution in [1.29, 1.82) is 0 Å². The van der Waals surface area contributed by atoms with Crippen molar-refractivity contribution in [3.8, 4) is 0 Å². The average Bonchev–Trinajstić information content (AvgIpc) is 0.900. The standard InChI is InChI=1S/C74H127NO18/c1-3-5-7-9-11-13-14-15-16-17-18-19-20-21-22-23-24-25-26-27-28-29-30-31-32-33-34-35-36-37-38-39-40-41-42-44-46-48-50-52-62(80)75-57(58(79)51-49-47-45-43-12-10-8-6-4-2)56-88-72-68(86)65(83)70(60(54-77)90-72)93-74-69(87)66(84)71(61(55-78)91-74)92-73-67(85)64(82)63(81)59(53-76)89-73/h4-7,11-13,15-16,18-19,21-22,43,49,51,57-61,63-74,76-79,81-87H,3,8-10,14,17,20,23-42,44-48,50,52-56H2,1-2H3,(H,75,80)/b6-4+,7-5-,13-11-,16-15-,19-18-,22-21-,43-12+,51-49+. The second-order valence-electron chi connectivity index (χ2n) is 25.3. The molecule has 0 aromatic carbocycles. The fourth-order valence-corrected chi connectivity index (χ4v) is 11.7. The second-order valence-corrected chi connectivity index (χ2v) is 25.3. The van der Waals surface area contributed by atoms with Crippen LogP contribution in [0.3, 0.4) is 0 Å². The fraction of sp³-hybridized carbons (Fsp3) is 0.770. The predicted molar refractivity (Wildman–Crippen MR) is 364 cm³/mol. The smallest absolute Gasteiger partial charge is 0.220 e. The Bertz CT molecular complexity index is 2060. The number of amides is 1. The summed E-state index contributed by atoms with van der Waals surface area (Å²) in [6, 6.07) is -0.997. The van der Waals surface area contributed by atoms with Crippen molar-refractivity contribution in [2.45, 2.75) is 336 Å². The van der Waals surface area contributed by atoms with Crippen LogP contribution in [0.4, 0.5) is 0 Å². The van der Waals surface area contributed by atoms with Crippen LogP contribution >= 0.6 is 0 Å². The number of rotatable bonds is 54. The Morgan fingerprint density at radius 2 is 0.763 bits per heavy atom. The van der Waals surface area contributed by atoms with E-state index >= 15 is 0 Å². The molecule has 0 saturated carbocycles. The van der Waals surface area contributed by atoms with Gasteiger partial charge in [0.15, 0.2) is 18.9 Å². The largest absolute Gasteiger partial charge is 0.394 e. The van der Waals surface area contributed by atoms with Gasteiger partial charge >= 0.3 is 0 Å². The molecule has 0 radical (unpaired) electrons. The van der Waals surface area contributed by atoms with Crippen LogP contribution in [0.5, 0.6) is 0 Å². The van der Waals surface area contributed by atoms with E-state index in [-0.39, 0.29) is 18.9 Å². The Labute approximate surface area is 558 Å². The van der Waals surface area contributed by atoms with E-state index in [0.29, 0.717) is 12.8 Å². The van der Waals surface area contributed by atoms with E-state index in [1.165, 1.54) is 128 Å². The predicted octanol–water partition coefficient (Wildman–Crippen LogP) is 10.0. The van der Waals surface area contributed by atoms with Crippen molar-refractivity contribution in [3.63, 3.8) is 0 Å². The first-order chi connectivity index (χ1) is 45.3. The van der Waals surface area contributed by atoms with Crippen molar-refractivity contribution in [1.82, 2.24) is 5.32 Å². The van der Waals surface area contributed by atoms with Crippen LogP contribution < -0.4 is 5.32 Å². The van der Waals surface area contributed by atoms with Crippen molar-refractivity contribution in [2.24, 2.45) is 0 Å². The molecule has 3 saturated heterocycles. The first-order valence-electron chi connectivity index (χ1n) is 36.0. The Kier molecular flexibility index (Phi) is 49.4. The number of carbonyl (C=O) groups excluding carboxylic acids is 1. The van der Waals surface area contributed by atoms with Gasteiger partial charge in [0.05, 0.1) is 38.6 Å². The average molecular weight is 1320 g/mol. The zero-order chi connectivity index (χ0) is 67.5. The van der Waals surface area contributed by atoms with Gasteiger partial charge < -0.3 is 89.9 Å². The highest BCUT2D eigenvalue weighted by molar-refractivity contribution is 5.76. The number of aliphatic hydroxyl groups is 11. The number of aliphatic hydroxyl groups excluding tert-OH is 11. The summed E-state index contributed by atoms with van der Waals surface area (Å²) < 4.78 is 34.2. The summed E-state index contributed by atoms with van der Waals surface area (Å²) in [6.07, 6.45) is 46.2. The van der Waals surface area contributed by atoms with E-state index in [1.54, 1.807) is 6.08 Å². The van der Waals surface area contributed by atoms with Crippen molar-refractivity contribution in [3.05, 3.63) is 97.2 Å². The van der Waals surface area contributed by atoms with Gasteiger partial charge in [-0.3, -0.25) is 4.79 Å². The summed E-state index contributed by atoms with van der Waals surface area (Å²) >= 11 is 0. The summed E-state index contributed by atoms with van der Waals surface area (Å²) in [5.74, 6) is -0.293. The van der Waals surface area contributed by atoms with Crippen LogP contribution in [0.15, 0.2) is 97.2 Å². The quantitative estimate of drug-likeness (QED) is 0.0199. The van der Waals surface area contributed by atoms with Crippen LogP contribution in [0.25, 0.3) is 0 Å². The highest BCUT2D eigenvalue weighted by Gasteiger charge is 2.53. The highest BCUT2D eigenvalue weighted by atomic mass is 16.8. The number of allylic oxidation sites excluding steroid dienone is 15. The Balaban J connectivity index is 1.27. The van der Waals surface area contributed by atoms with E-state index in [1.807, 2.05) is 19.1 Å². The van der Waals surface area contributed by atoms with Crippen LogP contribution in [0.1, 0.15) is 232 Å². The van der Waals surface area contributed by atoms with Gasteiger partial charge in [-0.25, -0.2) is 0 Å². The third-order valence-electron chi connectivity index (χ3n) is 17.4. The lowest BCUT2D eigenvalue weighted by Gasteiger charge is -2.48. The minimum atomic E-state index is -1.98. The molecule has 0 aliphatic carbocycles. The number of hydrogen-bond acceptors (Lipinski definition) is 18. The van der Waals surface area contributed by atoms with E-state index in [4.69, 9.17) is 28.4 Å². The van der Waals surface area contributed by atoms with E-state index in [9.17, 15) is 61.0 Å². The number of hydrogen-bond donors (Lipinski definition) is 12. The molecular formula is C74H127NO18. The molecule has 3 aliphatic rings. The molecule has 0 bridgehead atoms. The molecular weight excluding hydrogens is 1190 g/mol. The Morgan fingerprint density at radius 3 is 1.20 bits per heavy atom. The lowest BCUT2D eigenvalue weighted by Crippen LogP contribution is -2.66. The van der Waals surface area contributed by atoms with Crippen LogP contribution in [0, 0.1) is 0 Å². The molecule has 93 heavy (non-hydrogen) atoms. The normalized spacial score (nSPS) is 28.1. The molecule has 0 aromatic heterocycles. The topological polar surface area (TPSA) is 307 Å². The molecule has 3 rings (SSSR count). The molecule has 17 unspecified atom stereocenters. The SMILES string of the molecule is C/C=C/CC/C=C/CC/C=C/C(O)C(COC1OC(CO)C(OC2OC(CO)C(OC3OC(CO)C(O)C(O)C3O)C(O)C2O)C(O)C1O)NC(=O)CCCCCCCCCCCCCCCCCCCCCCCCC/C=C\C/C=C\C/C=C\C/C=C\C/C=C\CC. The molecule has 3 aliphatic heterocycles. The third kappa shape index (κ3) is 36.2. The van der Waals surface area contributed by atoms with Crippen LogP contribution in [-0.2, 0) is 33.2 Å². The summed E-state index contributed by atoms with van der Waals surface area (Å²) in [5.41, 5.74) is 0. The summed E-state index contributed by atoms with van der Waals surface area (Å²) in [4.78, 5) is 13.3. The number of carbonyl (C=O) groups is 1. The first-order valence-corrected chi connectivity index (χ1v) is 36.0. The zero-order valence-electron chi connectivity index (χ0n) is 56.7. The summed E-state index contributed by atoms with van der Waals surface area (Å²) in [7, 11) is 0. The van der Waals surface area contributed by atoms with Crippen LogP contribution in [0.2, 0.25) is 0 Å². The maximum absolute atomic E-state index is 13.3. The molecule has 0 spiro atoms. The number of unbranched alkanes of at least 4 members (excludes halogenated alkanes) is 25. The van der Waals surface area contributed by atoms with Gasteiger partial charge in [-0.15, -0.1) is 0 Å². The maximum atomic E-state index is 13.3. The molecule has 12 N–H and O–H groups in total. The van der Waals surface area contributed by atoms with E-state index in [0.717, 1.165) is 70.6 Å². The minimum Gasteiger partial charge on any atom is -0.394 e. The number of ether oxygens (including phenoxy) is 6. The van der Waals surface area contributed by atoms with Gasteiger partial charge in [0.2, 0.25) is 5.91 Å². The van der Waals surface area contributed by atoms with Gasteiger partial charge in [-0.1, -0.05) is 239 Å². The second kappa shape index (κ2) is 54.7. The molecule has 3 fully saturated rings. The van der Waals surface area contributed by atoms with E-state index < -0.39 is 124 Å². The van der Waals surface area contributed by atoms with Gasteiger partial charge in [-0.2, -0.15) is 0 Å². The van der Waals surface area contributed by atoms with Gasteiger partial charge in [0.1, 0.15) is 73.2 Å².